The van der Waals surface area contributed by atoms with E-state index in [0.29, 0.717) is 0 Å². The average Bonchev–Trinajstić information content (AvgIpc) is 2.65. The van der Waals surface area contributed by atoms with Crippen molar-refractivity contribution in [1.29, 1.82) is 0 Å². The van der Waals surface area contributed by atoms with Crippen LogP contribution in [0.25, 0.3) is 0 Å². The van der Waals surface area contributed by atoms with Crippen LogP contribution >= 0.6 is 0 Å². The summed E-state index contributed by atoms with van der Waals surface area (Å²) in [6.45, 7) is 3.21. The molecule has 0 radical (unpaired) electrons. The van der Waals surface area contributed by atoms with Crippen LogP contribution in [-0.2, 0) is 14.3 Å². The minimum atomic E-state index is -1.04. The van der Waals surface area contributed by atoms with E-state index in [1.165, 1.54) is 12.3 Å². The van der Waals surface area contributed by atoms with Crippen LogP contribution in [0.4, 0.5) is 0 Å². The molecule has 1 aromatic heterocycles. The van der Waals surface area contributed by atoms with Gasteiger partial charge in [-0.1, -0.05) is 0 Å². The van der Waals surface area contributed by atoms with Crippen molar-refractivity contribution >= 4 is 11.8 Å². The molecule has 1 aromatic rings. The highest BCUT2D eigenvalue weighted by Gasteiger charge is 2.31. The molecule has 2 rings (SSSR count). The van der Waals surface area contributed by atoms with Crippen molar-refractivity contribution in [3.05, 3.63) is 36.0 Å². The van der Waals surface area contributed by atoms with Gasteiger partial charge in [-0.2, -0.15) is 0 Å². The maximum atomic E-state index is 11.7. The Morgan fingerprint density at radius 3 is 2.71 bits per heavy atom. The number of ketones is 1. The molecule has 2 heterocycles. The predicted molar refractivity (Wildman–Crippen MR) is 57.0 cm³/mol. The van der Waals surface area contributed by atoms with Gasteiger partial charge in [0, 0.05) is 13.8 Å². The number of carbonyl (C=O) groups excluding carboxylic acids is 2. The van der Waals surface area contributed by atoms with E-state index in [2.05, 4.69) is 0 Å². The molecule has 17 heavy (non-hydrogen) atoms. The van der Waals surface area contributed by atoms with Gasteiger partial charge in [0.15, 0.2) is 5.76 Å². The van der Waals surface area contributed by atoms with Crippen LogP contribution < -0.4 is 0 Å². The molecule has 0 saturated heterocycles. The van der Waals surface area contributed by atoms with E-state index < -0.39 is 11.8 Å². The van der Waals surface area contributed by atoms with Crippen molar-refractivity contribution in [1.82, 2.24) is 0 Å². The molecule has 5 nitrogen and oxygen atoms in total. The van der Waals surface area contributed by atoms with Crippen LogP contribution in [0.2, 0.25) is 0 Å². The molecule has 0 aromatic carbocycles. The normalized spacial score (nSPS) is 18.0. The van der Waals surface area contributed by atoms with Crippen LogP contribution in [-0.4, -0.2) is 17.5 Å². The molecular formula is C12H12O5. The molecule has 0 N–H and O–H groups in total. The first kappa shape index (κ1) is 11.4. The second-order valence-electron chi connectivity index (χ2n) is 4.11. The monoisotopic (exact) mass is 236 g/mol. The third kappa shape index (κ3) is 2.75. The maximum absolute atomic E-state index is 11.7. The van der Waals surface area contributed by atoms with Gasteiger partial charge in [0.1, 0.15) is 5.76 Å². The Balaban J connectivity index is 2.09. The number of ether oxygens (including phenoxy) is 2. The summed E-state index contributed by atoms with van der Waals surface area (Å²) in [5, 5.41) is 0. The van der Waals surface area contributed by atoms with E-state index in [4.69, 9.17) is 13.9 Å². The molecule has 1 aliphatic heterocycles. The first-order valence-corrected chi connectivity index (χ1v) is 5.15. The highest BCUT2D eigenvalue weighted by molar-refractivity contribution is 5.95. The number of Topliss-reactive ketones (excluding diaryl/α,β-unsaturated/α-hetero) is 1. The SMILES string of the molecule is CC1(C)OC(=O)C=C(CC(=O)c2ccco2)O1. The molecule has 0 aliphatic carbocycles. The summed E-state index contributed by atoms with van der Waals surface area (Å²) in [7, 11) is 0. The van der Waals surface area contributed by atoms with Crippen LogP contribution in [0.3, 0.4) is 0 Å². The molecule has 1 aliphatic rings. The summed E-state index contributed by atoms with van der Waals surface area (Å²) >= 11 is 0. The Kier molecular flexibility index (Phi) is 2.75. The zero-order chi connectivity index (χ0) is 12.5. The van der Waals surface area contributed by atoms with Crippen LogP contribution in [0, 0.1) is 0 Å². The fourth-order valence-corrected chi connectivity index (χ4v) is 1.54. The Bertz CT molecular complexity index is 467. The third-order valence-electron chi connectivity index (χ3n) is 2.13. The number of esters is 1. The Morgan fingerprint density at radius 1 is 1.35 bits per heavy atom. The second kappa shape index (κ2) is 4.08. The highest BCUT2D eigenvalue weighted by atomic mass is 16.7. The van der Waals surface area contributed by atoms with Gasteiger partial charge in [-0.15, -0.1) is 0 Å². The number of furan rings is 1. The minimum absolute atomic E-state index is 0.0218. The number of hydrogen-bond donors (Lipinski definition) is 0. The van der Waals surface area contributed by atoms with Gasteiger partial charge in [0.2, 0.25) is 11.6 Å². The van der Waals surface area contributed by atoms with E-state index in [0.717, 1.165) is 0 Å². The number of allylic oxidation sites excluding steroid dienone is 1. The minimum Gasteiger partial charge on any atom is -0.461 e. The van der Waals surface area contributed by atoms with Gasteiger partial charge in [-0.05, 0) is 12.1 Å². The summed E-state index contributed by atoms with van der Waals surface area (Å²) in [5.74, 6) is -1.26. The Labute approximate surface area is 98.0 Å². The highest BCUT2D eigenvalue weighted by Crippen LogP contribution is 2.24. The maximum Gasteiger partial charge on any atom is 0.337 e. The van der Waals surface area contributed by atoms with Crippen molar-refractivity contribution < 1.29 is 23.5 Å². The van der Waals surface area contributed by atoms with Crippen LogP contribution in [0.1, 0.15) is 30.8 Å². The van der Waals surface area contributed by atoms with Crippen molar-refractivity contribution in [3.63, 3.8) is 0 Å². The summed E-state index contributed by atoms with van der Waals surface area (Å²) < 4.78 is 15.2. The van der Waals surface area contributed by atoms with Crippen molar-refractivity contribution in [2.75, 3.05) is 0 Å². The van der Waals surface area contributed by atoms with E-state index >= 15 is 0 Å². The lowest BCUT2D eigenvalue weighted by atomic mass is 10.2. The van der Waals surface area contributed by atoms with E-state index in [1.54, 1.807) is 26.0 Å². The molecule has 0 spiro atoms. The van der Waals surface area contributed by atoms with Crippen LogP contribution in [0.5, 0.6) is 0 Å². The molecule has 0 atom stereocenters. The summed E-state index contributed by atoms with van der Waals surface area (Å²) in [6.07, 6.45) is 2.57. The largest absolute Gasteiger partial charge is 0.461 e. The average molecular weight is 236 g/mol. The van der Waals surface area contributed by atoms with E-state index in [-0.39, 0.29) is 23.7 Å². The van der Waals surface area contributed by atoms with E-state index in [9.17, 15) is 9.59 Å². The van der Waals surface area contributed by atoms with Crippen LogP contribution in [0.15, 0.2) is 34.6 Å². The lowest BCUT2D eigenvalue weighted by Crippen LogP contribution is -2.34. The summed E-state index contributed by atoms with van der Waals surface area (Å²) in [5.41, 5.74) is 0. The lowest BCUT2D eigenvalue weighted by molar-refractivity contribution is -0.205. The molecule has 0 amide bonds. The topological polar surface area (TPSA) is 65.7 Å². The van der Waals surface area contributed by atoms with Crippen molar-refractivity contribution in [2.45, 2.75) is 26.1 Å². The molecule has 0 fully saturated rings. The van der Waals surface area contributed by atoms with Gasteiger partial charge in [0.25, 0.3) is 0 Å². The predicted octanol–water partition coefficient (Wildman–Crippen LogP) is 2.05. The lowest BCUT2D eigenvalue weighted by Gasteiger charge is -2.30. The van der Waals surface area contributed by atoms with Crippen molar-refractivity contribution in [2.24, 2.45) is 0 Å². The first-order valence-electron chi connectivity index (χ1n) is 5.15. The van der Waals surface area contributed by atoms with Gasteiger partial charge >= 0.3 is 5.97 Å². The molecule has 0 unspecified atom stereocenters. The zero-order valence-electron chi connectivity index (χ0n) is 9.56. The standard InChI is InChI=1S/C12H12O5/c1-12(2)16-8(7-11(14)17-12)6-9(13)10-4-3-5-15-10/h3-5,7H,6H2,1-2H3. The molecule has 0 saturated carbocycles. The molecular weight excluding hydrogens is 224 g/mol. The fraction of sp³-hybridized carbons (Fsp3) is 0.333. The molecule has 0 bridgehead atoms. The first-order chi connectivity index (χ1) is 7.96. The summed E-state index contributed by atoms with van der Waals surface area (Å²) in [4.78, 5) is 23.0. The van der Waals surface area contributed by atoms with Gasteiger partial charge in [0.05, 0.1) is 18.8 Å². The second-order valence-corrected chi connectivity index (χ2v) is 4.11. The Hall–Kier alpha value is -2.04. The number of hydrogen-bond acceptors (Lipinski definition) is 5. The fourth-order valence-electron chi connectivity index (χ4n) is 1.54. The smallest absolute Gasteiger partial charge is 0.337 e. The van der Waals surface area contributed by atoms with Crippen molar-refractivity contribution in [3.8, 4) is 0 Å². The van der Waals surface area contributed by atoms with E-state index in [1.807, 2.05) is 0 Å². The van der Waals surface area contributed by atoms with Gasteiger partial charge < -0.3 is 13.9 Å². The third-order valence-corrected chi connectivity index (χ3v) is 2.13. The number of cyclic esters (lactones) is 1. The number of rotatable bonds is 3. The zero-order valence-corrected chi connectivity index (χ0v) is 9.56. The summed E-state index contributed by atoms with van der Waals surface area (Å²) in [6, 6.07) is 3.19. The quantitative estimate of drug-likeness (QED) is 0.593. The van der Waals surface area contributed by atoms with Gasteiger partial charge in [-0.25, -0.2) is 4.79 Å². The Morgan fingerprint density at radius 2 is 2.12 bits per heavy atom. The molecule has 90 valence electrons. The number of carbonyl (C=O) groups is 2. The molecule has 5 heteroatoms. The van der Waals surface area contributed by atoms with Gasteiger partial charge in [-0.3, -0.25) is 4.79 Å².